The molecule has 0 aromatic carbocycles. The molecule has 0 saturated carbocycles. The summed E-state index contributed by atoms with van der Waals surface area (Å²) in [4.78, 5) is 4.23. The van der Waals surface area contributed by atoms with Crippen LogP contribution >= 0.6 is 0 Å². The van der Waals surface area contributed by atoms with E-state index in [9.17, 15) is 0 Å². The maximum atomic E-state index is 8.93. The number of aliphatic hydroxyl groups excluding tert-OH is 1. The highest BCUT2D eigenvalue weighted by Gasteiger charge is 2.07. The second-order valence-corrected chi connectivity index (χ2v) is 3.47. The zero-order valence-electron chi connectivity index (χ0n) is 8.59. The molecular weight excluding hydrogens is 192 g/mol. The predicted molar refractivity (Wildman–Crippen MR) is 56.4 cm³/mol. The lowest BCUT2D eigenvalue weighted by Crippen LogP contribution is -2.15. The first kappa shape index (κ1) is 10.1. The van der Waals surface area contributed by atoms with Crippen molar-refractivity contribution in [2.45, 2.75) is 19.4 Å². The number of rotatable bonds is 3. The van der Waals surface area contributed by atoms with E-state index in [1.165, 1.54) is 0 Å². The predicted octanol–water partition coefficient (Wildman–Crippen LogP) is 0.284. The molecule has 0 fully saturated rings. The van der Waals surface area contributed by atoms with Crippen LogP contribution in [0.2, 0.25) is 0 Å². The molecule has 0 aliphatic carbocycles. The van der Waals surface area contributed by atoms with Crippen molar-refractivity contribution in [1.29, 1.82) is 0 Å². The standard InChI is InChI=1S/C10H14N4O/c1-2-8-3-10-12-4-7(9(11)6-15)5-14(10)13-8/h3-5,9,15H,2,6,11H2,1H3. The van der Waals surface area contributed by atoms with Crippen LogP contribution in [0.25, 0.3) is 5.65 Å². The zero-order valence-corrected chi connectivity index (χ0v) is 8.59. The molecular formula is C10H14N4O. The molecule has 0 bridgehead atoms. The lowest BCUT2D eigenvalue weighted by atomic mass is 10.2. The Bertz CT molecular complexity index is 465. The Kier molecular flexibility index (Phi) is 2.66. The number of hydrogen-bond donors (Lipinski definition) is 2. The summed E-state index contributed by atoms with van der Waals surface area (Å²) in [5.41, 5.74) is 8.28. The van der Waals surface area contributed by atoms with Gasteiger partial charge in [0.15, 0.2) is 5.65 Å². The van der Waals surface area contributed by atoms with E-state index in [-0.39, 0.29) is 6.61 Å². The maximum Gasteiger partial charge on any atom is 0.155 e. The summed E-state index contributed by atoms with van der Waals surface area (Å²) >= 11 is 0. The van der Waals surface area contributed by atoms with Crippen LogP contribution in [-0.4, -0.2) is 26.3 Å². The van der Waals surface area contributed by atoms with Gasteiger partial charge in [-0.15, -0.1) is 0 Å². The van der Waals surface area contributed by atoms with Crippen LogP contribution < -0.4 is 5.73 Å². The first-order valence-corrected chi connectivity index (χ1v) is 4.95. The molecule has 80 valence electrons. The van der Waals surface area contributed by atoms with Gasteiger partial charge in [0.05, 0.1) is 18.3 Å². The van der Waals surface area contributed by atoms with Gasteiger partial charge in [-0.2, -0.15) is 5.10 Å². The molecule has 0 saturated heterocycles. The van der Waals surface area contributed by atoms with Crippen molar-refractivity contribution < 1.29 is 5.11 Å². The van der Waals surface area contributed by atoms with Gasteiger partial charge in [-0.1, -0.05) is 6.92 Å². The summed E-state index contributed by atoms with van der Waals surface area (Å²) < 4.78 is 1.70. The minimum atomic E-state index is -0.392. The zero-order chi connectivity index (χ0) is 10.8. The second kappa shape index (κ2) is 3.96. The Morgan fingerprint density at radius 2 is 2.40 bits per heavy atom. The minimum absolute atomic E-state index is 0.0882. The Labute approximate surface area is 87.6 Å². The molecule has 2 rings (SSSR count). The fourth-order valence-corrected chi connectivity index (χ4v) is 1.41. The molecule has 1 atom stereocenters. The van der Waals surface area contributed by atoms with Crippen molar-refractivity contribution in [2.75, 3.05) is 6.61 Å². The third-order valence-electron chi connectivity index (χ3n) is 2.37. The van der Waals surface area contributed by atoms with Crippen LogP contribution in [-0.2, 0) is 6.42 Å². The number of aromatic nitrogens is 3. The van der Waals surface area contributed by atoms with E-state index in [4.69, 9.17) is 10.8 Å². The minimum Gasteiger partial charge on any atom is -0.394 e. The molecule has 5 heteroatoms. The molecule has 0 spiro atoms. The number of aliphatic hydroxyl groups is 1. The van der Waals surface area contributed by atoms with Gasteiger partial charge in [0.1, 0.15) is 0 Å². The van der Waals surface area contributed by atoms with E-state index in [0.29, 0.717) is 0 Å². The van der Waals surface area contributed by atoms with Gasteiger partial charge in [0, 0.05) is 24.0 Å². The summed E-state index contributed by atoms with van der Waals surface area (Å²) in [6, 6.07) is 1.55. The second-order valence-electron chi connectivity index (χ2n) is 3.47. The van der Waals surface area contributed by atoms with E-state index in [0.717, 1.165) is 23.3 Å². The van der Waals surface area contributed by atoms with Crippen molar-refractivity contribution in [1.82, 2.24) is 14.6 Å². The van der Waals surface area contributed by atoms with E-state index in [1.54, 1.807) is 10.7 Å². The maximum absolute atomic E-state index is 8.93. The quantitative estimate of drug-likeness (QED) is 0.756. The number of fused-ring (bicyclic) bond motifs is 1. The average molecular weight is 206 g/mol. The van der Waals surface area contributed by atoms with Gasteiger partial charge in [0.2, 0.25) is 0 Å². The number of aryl methyl sites for hydroxylation is 1. The summed E-state index contributed by atoms with van der Waals surface area (Å²) in [6.45, 7) is 1.96. The molecule has 5 nitrogen and oxygen atoms in total. The molecule has 0 radical (unpaired) electrons. The van der Waals surface area contributed by atoms with Gasteiger partial charge >= 0.3 is 0 Å². The fourth-order valence-electron chi connectivity index (χ4n) is 1.41. The van der Waals surface area contributed by atoms with Crippen molar-refractivity contribution in [3.05, 3.63) is 29.7 Å². The highest BCUT2D eigenvalue weighted by atomic mass is 16.3. The van der Waals surface area contributed by atoms with Gasteiger partial charge in [-0.25, -0.2) is 9.50 Å². The van der Waals surface area contributed by atoms with Gasteiger partial charge < -0.3 is 10.8 Å². The molecule has 0 amide bonds. The molecule has 3 N–H and O–H groups in total. The van der Waals surface area contributed by atoms with Crippen LogP contribution in [0, 0.1) is 0 Å². The van der Waals surface area contributed by atoms with Crippen LogP contribution in [0.3, 0.4) is 0 Å². The highest BCUT2D eigenvalue weighted by Crippen LogP contribution is 2.10. The van der Waals surface area contributed by atoms with Crippen LogP contribution in [0.15, 0.2) is 18.5 Å². The normalized spacial score (nSPS) is 13.3. The first-order chi connectivity index (χ1) is 7.24. The average Bonchev–Trinajstić information content (AvgIpc) is 2.69. The number of hydrogen-bond acceptors (Lipinski definition) is 4. The van der Waals surface area contributed by atoms with Crippen molar-refractivity contribution in [3.63, 3.8) is 0 Å². The first-order valence-electron chi connectivity index (χ1n) is 4.95. The molecule has 2 aromatic heterocycles. The number of nitrogens with two attached hydrogens (primary N) is 1. The third-order valence-corrected chi connectivity index (χ3v) is 2.37. The molecule has 15 heavy (non-hydrogen) atoms. The van der Waals surface area contributed by atoms with Crippen LogP contribution in [0.4, 0.5) is 0 Å². The van der Waals surface area contributed by atoms with E-state index < -0.39 is 6.04 Å². The van der Waals surface area contributed by atoms with Crippen LogP contribution in [0.5, 0.6) is 0 Å². The van der Waals surface area contributed by atoms with Gasteiger partial charge in [-0.05, 0) is 6.42 Å². The Balaban J connectivity index is 2.45. The van der Waals surface area contributed by atoms with E-state index in [2.05, 4.69) is 10.1 Å². The van der Waals surface area contributed by atoms with E-state index >= 15 is 0 Å². The molecule has 1 unspecified atom stereocenters. The topological polar surface area (TPSA) is 76.4 Å². The molecule has 2 aromatic rings. The SMILES string of the molecule is CCc1cc2ncc(C(N)CO)cn2n1. The molecule has 0 aliphatic rings. The summed E-state index contributed by atoms with van der Waals surface area (Å²) in [5, 5.41) is 13.3. The smallest absolute Gasteiger partial charge is 0.155 e. The van der Waals surface area contributed by atoms with E-state index in [1.807, 2.05) is 19.2 Å². The Hall–Kier alpha value is -1.46. The Morgan fingerprint density at radius 3 is 3.07 bits per heavy atom. The van der Waals surface area contributed by atoms with Gasteiger partial charge in [-0.3, -0.25) is 0 Å². The Morgan fingerprint density at radius 1 is 1.60 bits per heavy atom. The summed E-state index contributed by atoms with van der Waals surface area (Å²) in [6.07, 6.45) is 4.37. The lowest BCUT2D eigenvalue weighted by molar-refractivity contribution is 0.267. The third kappa shape index (κ3) is 1.84. The highest BCUT2D eigenvalue weighted by molar-refractivity contribution is 5.39. The summed E-state index contributed by atoms with van der Waals surface area (Å²) in [7, 11) is 0. The largest absolute Gasteiger partial charge is 0.394 e. The fraction of sp³-hybridized carbons (Fsp3) is 0.400. The monoisotopic (exact) mass is 206 g/mol. The van der Waals surface area contributed by atoms with Crippen molar-refractivity contribution >= 4 is 5.65 Å². The lowest BCUT2D eigenvalue weighted by Gasteiger charge is -2.07. The summed E-state index contributed by atoms with van der Waals surface area (Å²) in [5.74, 6) is 0. The molecule has 2 heterocycles. The van der Waals surface area contributed by atoms with Crippen LogP contribution in [0.1, 0.15) is 24.2 Å². The van der Waals surface area contributed by atoms with Crippen molar-refractivity contribution in [2.24, 2.45) is 5.73 Å². The molecule has 0 aliphatic heterocycles. The van der Waals surface area contributed by atoms with Gasteiger partial charge in [0.25, 0.3) is 0 Å². The van der Waals surface area contributed by atoms with Crippen molar-refractivity contribution in [3.8, 4) is 0 Å². The number of nitrogens with zero attached hydrogens (tertiary/aromatic N) is 3.